The van der Waals surface area contributed by atoms with Crippen molar-refractivity contribution in [1.82, 2.24) is 19.6 Å². The number of aromatic nitrogens is 2. The van der Waals surface area contributed by atoms with E-state index >= 15 is 0 Å². The van der Waals surface area contributed by atoms with Gasteiger partial charge in [-0.2, -0.15) is 4.98 Å². The summed E-state index contributed by atoms with van der Waals surface area (Å²) in [6.45, 7) is 6.65. The molecule has 0 radical (unpaired) electrons. The van der Waals surface area contributed by atoms with Gasteiger partial charge in [-0.25, -0.2) is 0 Å². The van der Waals surface area contributed by atoms with Gasteiger partial charge in [0.2, 0.25) is 5.88 Å². The van der Waals surface area contributed by atoms with Crippen LogP contribution in [0.25, 0.3) is 4.96 Å². The van der Waals surface area contributed by atoms with E-state index in [-0.39, 0.29) is 0 Å². The number of imidazole rings is 1. The number of hydrogen-bond donors (Lipinski definition) is 1. The summed E-state index contributed by atoms with van der Waals surface area (Å²) in [7, 11) is 1.68. The van der Waals surface area contributed by atoms with Crippen molar-refractivity contribution in [3.63, 3.8) is 0 Å². The Balaban J connectivity index is 1.62. The molecule has 0 bridgehead atoms. The van der Waals surface area contributed by atoms with Crippen LogP contribution in [0.4, 0.5) is 0 Å². The van der Waals surface area contributed by atoms with Crippen LogP contribution in [0.5, 0.6) is 5.88 Å². The number of thiazole rings is 1. The molecule has 5 nitrogen and oxygen atoms in total. The minimum absolute atomic E-state index is 0.474. The highest BCUT2D eigenvalue weighted by molar-refractivity contribution is 7.15. The van der Waals surface area contributed by atoms with Gasteiger partial charge >= 0.3 is 0 Å². The maximum absolute atomic E-state index is 5.38. The molecular weight excluding hydrogens is 272 g/mol. The van der Waals surface area contributed by atoms with Crippen LogP contribution in [-0.2, 0) is 6.54 Å². The number of rotatable bonds is 6. The van der Waals surface area contributed by atoms with Gasteiger partial charge in [0.15, 0.2) is 4.96 Å². The first kappa shape index (κ1) is 13.9. The molecule has 20 heavy (non-hydrogen) atoms. The van der Waals surface area contributed by atoms with Gasteiger partial charge in [0.25, 0.3) is 0 Å². The zero-order valence-corrected chi connectivity index (χ0v) is 12.9. The summed E-state index contributed by atoms with van der Waals surface area (Å²) in [4.78, 5) is 8.01. The number of nitrogens with zero attached hydrogens (tertiary/aromatic N) is 3. The highest BCUT2D eigenvalue weighted by Crippen LogP contribution is 2.23. The molecule has 1 aliphatic heterocycles. The third-order valence-corrected chi connectivity index (χ3v) is 4.62. The van der Waals surface area contributed by atoms with Gasteiger partial charge in [0.05, 0.1) is 7.11 Å². The van der Waals surface area contributed by atoms with Crippen LogP contribution in [0.2, 0.25) is 0 Å². The van der Waals surface area contributed by atoms with E-state index in [2.05, 4.69) is 38.1 Å². The Hall–Kier alpha value is -1.11. The summed E-state index contributed by atoms with van der Waals surface area (Å²) in [6, 6.07) is 0.474. The monoisotopic (exact) mass is 294 g/mol. The zero-order chi connectivity index (χ0) is 13.9. The topological polar surface area (TPSA) is 41.8 Å². The fourth-order valence-corrected chi connectivity index (χ4v) is 3.55. The lowest BCUT2D eigenvalue weighted by Gasteiger charge is -2.21. The van der Waals surface area contributed by atoms with E-state index in [0.717, 1.165) is 29.6 Å². The SMILES string of the molecule is COc1nc2sccn2c1CNC(C)CN1CCCC1. The summed E-state index contributed by atoms with van der Waals surface area (Å²) >= 11 is 1.63. The zero-order valence-electron chi connectivity index (χ0n) is 12.1. The predicted octanol–water partition coefficient (Wildman–Crippen LogP) is 1.98. The third kappa shape index (κ3) is 2.82. The lowest BCUT2D eigenvalue weighted by Crippen LogP contribution is -2.37. The fraction of sp³-hybridized carbons (Fsp3) is 0.643. The minimum atomic E-state index is 0.474. The number of likely N-dealkylation sites (tertiary alicyclic amines) is 1. The second-order valence-electron chi connectivity index (χ2n) is 5.41. The second kappa shape index (κ2) is 6.11. The van der Waals surface area contributed by atoms with Crippen LogP contribution in [0.1, 0.15) is 25.5 Å². The molecule has 1 saturated heterocycles. The van der Waals surface area contributed by atoms with Crippen molar-refractivity contribution < 1.29 is 4.74 Å². The van der Waals surface area contributed by atoms with Gasteiger partial charge in [-0.1, -0.05) is 0 Å². The summed E-state index contributed by atoms with van der Waals surface area (Å²) in [5.74, 6) is 0.734. The Bertz CT molecular complexity index is 559. The molecule has 3 heterocycles. The molecule has 0 aliphatic carbocycles. The number of hydrogen-bond acceptors (Lipinski definition) is 5. The van der Waals surface area contributed by atoms with Crippen LogP contribution in [0.3, 0.4) is 0 Å². The van der Waals surface area contributed by atoms with Crippen molar-refractivity contribution in [3.8, 4) is 5.88 Å². The number of nitrogens with one attached hydrogen (secondary N) is 1. The van der Waals surface area contributed by atoms with Crippen LogP contribution in [0, 0.1) is 0 Å². The molecule has 2 aromatic rings. The Morgan fingerprint density at radius 2 is 2.25 bits per heavy atom. The van der Waals surface area contributed by atoms with Gasteiger partial charge in [-0.15, -0.1) is 11.3 Å². The maximum atomic E-state index is 5.38. The van der Waals surface area contributed by atoms with Crippen molar-refractivity contribution in [3.05, 3.63) is 17.3 Å². The van der Waals surface area contributed by atoms with Crippen molar-refractivity contribution >= 4 is 16.3 Å². The highest BCUT2D eigenvalue weighted by Gasteiger charge is 2.17. The van der Waals surface area contributed by atoms with Gasteiger partial charge in [0.1, 0.15) is 5.69 Å². The molecule has 6 heteroatoms. The molecule has 2 aromatic heterocycles. The van der Waals surface area contributed by atoms with Crippen molar-refractivity contribution in [2.75, 3.05) is 26.7 Å². The second-order valence-corrected chi connectivity index (χ2v) is 6.29. The first-order valence-corrected chi connectivity index (χ1v) is 8.10. The molecule has 0 spiro atoms. The number of fused-ring (bicyclic) bond motifs is 1. The Kier molecular flexibility index (Phi) is 4.24. The van der Waals surface area contributed by atoms with Crippen LogP contribution < -0.4 is 10.1 Å². The van der Waals surface area contributed by atoms with Gasteiger partial charge < -0.3 is 15.0 Å². The normalized spacial score (nSPS) is 17.9. The van der Waals surface area contributed by atoms with Gasteiger partial charge in [-0.05, 0) is 32.9 Å². The van der Waals surface area contributed by atoms with E-state index in [1.807, 2.05) is 0 Å². The first-order valence-electron chi connectivity index (χ1n) is 7.22. The molecule has 1 aliphatic rings. The van der Waals surface area contributed by atoms with Crippen molar-refractivity contribution in [2.45, 2.75) is 32.4 Å². The van der Waals surface area contributed by atoms with E-state index in [1.54, 1.807) is 18.4 Å². The molecule has 110 valence electrons. The molecule has 1 N–H and O–H groups in total. The maximum Gasteiger partial charge on any atom is 0.237 e. The standard InChI is InChI=1S/C14H22N4OS/c1-11(10-17-5-3-4-6-17)15-9-12-13(19-2)16-14-18(12)7-8-20-14/h7-8,11,15H,3-6,9-10H2,1-2H3. The van der Waals surface area contributed by atoms with Crippen molar-refractivity contribution in [1.29, 1.82) is 0 Å². The fourth-order valence-electron chi connectivity index (χ4n) is 2.82. The molecule has 0 saturated carbocycles. The smallest absolute Gasteiger partial charge is 0.237 e. The predicted molar refractivity (Wildman–Crippen MR) is 81.6 cm³/mol. The molecule has 1 unspecified atom stereocenters. The largest absolute Gasteiger partial charge is 0.480 e. The molecule has 3 rings (SSSR count). The molecule has 0 amide bonds. The van der Waals surface area contributed by atoms with E-state index in [0.29, 0.717) is 6.04 Å². The van der Waals surface area contributed by atoms with E-state index in [4.69, 9.17) is 4.74 Å². The van der Waals surface area contributed by atoms with E-state index in [1.165, 1.54) is 25.9 Å². The van der Waals surface area contributed by atoms with Crippen LogP contribution >= 0.6 is 11.3 Å². The molecule has 0 aromatic carbocycles. The van der Waals surface area contributed by atoms with Crippen LogP contribution in [0.15, 0.2) is 11.6 Å². The van der Waals surface area contributed by atoms with Crippen molar-refractivity contribution in [2.24, 2.45) is 0 Å². The molecular formula is C14H22N4OS. The average Bonchev–Trinajstić information content (AvgIpc) is 3.12. The van der Waals surface area contributed by atoms with Crippen LogP contribution in [-0.4, -0.2) is 47.1 Å². The summed E-state index contributed by atoms with van der Waals surface area (Å²) < 4.78 is 7.49. The average molecular weight is 294 g/mol. The summed E-state index contributed by atoms with van der Waals surface area (Å²) in [5, 5.41) is 5.65. The molecule has 1 atom stereocenters. The third-order valence-electron chi connectivity index (χ3n) is 3.87. The van der Waals surface area contributed by atoms with Gasteiger partial charge in [-0.3, -0.25) is 4.40 Å². The molecule has 1 fully saturated rings. The lowest BCUT2D eigenvalue weighted by atomic mass is 10.3. The minimum Gasteiger partial charge on any atom is -0.480 e. The Labute approximate surface area is 123 Å². The van der Waals surface area contributed by atoms with Gasteiger partial charge in [0, 0.05) is 30.7 Å². The Morgan fingerprint density at radius 1 is 1.45 bits per heavy atom. The lowest BCUT2D eigenvalue weighted by molar-refractivity contribution is 0.296. The van der Waals surface area contributed by atoms with E-state index < -0.39 is 0 Å². The summed E-state index contributed by atoms with van der Waals surface area (Å²) in [5.41, 5.74) is 1.11. The number of ether oxygens (including phenoxy) is 1. The summed E-state index contributed by atoms with van der Waals surface area (Å²) in [6.07, 6.45) is 4.75. The quantitative estimate of drug-likeness (QED) is 0.884. The Morgan fingerprint density at radius 3 is 3.00 bits per heavy atom. The number of methoxy groups -OCH3 is 1. The highest BCUT2D eigenvalue weighted by atomic mass is 32.1. The first-order chi connectivity index (χ1) is 9.78. The van der Waals surface area contributed by atoms with E-state index in [9.17, 15) is 0 Å².